The molecule has 1 unspecified atom stereocenters. The maximum absolute atomic E-state index is 11.7. The summed E-state index contributed by atoms with van der Waals surface area (Å²) in [7, 11) is -3.24. The fourth-order valence-electron chi connectivity index (χ4n) is 1.22. The Bertz CT molecular complexity index is 483. The number of benzene rings is 1. The van der Waals surface area contributed by atoms with Crippen LogP contribution in [0.1, 0.15) is 6.92 Å². The Labute approximate surface area is 113 Å². The molecule has 0 radical (unpaired) electrons. The molecular weight excluding hydrogens is 268 g/mol. The predicted octanol–water partition coefficient (Wildman–Crippen LogP) is 1.85. The van der Waals surface area contributed by atoms with Crippen molar-refractivity contribution in [2.45, 2.75) is 17.9 Å². The Morgan fingerprint density at radius 3 is 2.61 bits per heavy atom. The lowest BCUT2D eigenvalue weighted by molar-refractivity contribution is 0.578. The van der Waals surface area contributed by atoms with Crippen molar-refractivity contribution in [3.8, 4) is 0 Å². The first-order chi connectivity index (χ1) is 8.43. The van der Waals surface area contributed by atoms with Crippen LogP contribution in [0.25, 0.3) is 0 Å². The molecule has 18 heavy (non-hydrogen) atoms. The first kappa shape index (κ1) is 15.1. The van der Waals surface area contributed by atoms with E-state index in [-0.39, 0.29) is 11.8 Å². The molecule has 1 rings (SSSR count). The van der Waals surface area contributed by atoms with Crippen LogP contribution in [0.4, 0.5) is 5.69 Å². The second-order valence-electron chi connectivity index (χ2n) is 3.88. The maximum Gasteiger partial charge on any atom is 0.212 e. The van der Waals surface area contributed by atoms with Gasteiger partial charge in [-0.25, -0.2) is 13.1 Å². The van der Waals surface area contributed by atoms with E-state index in [0.29, 0.717) is 11.4 Å². The Kier molecular flexibility index (Phi) is 5.71. The minimum Gasteiger partial charge on any atom is -0.399 e. The quantitative estimate of drug-likeness (QED) is 0.456. The minimum atomic E-state index is -3.24. The van der Waals surface area contributed by atoms with Crippen LogP contribution in [0.15, 0.2) is 41.8 Å². The molecule has 1 aromatic carbocycles. The third-order valence-corrected chi connectivity index (χ3v) is 4.96. The molecule has 0 spiro atoms. The summed E-state index contributed by atoms with van der Waals surface area (Å²) in [6.07, 6.45) is 1.56. The molecule has 0 aliphatic rings. The van der Waals surface area contributed by atoms with Gasteiger partial charge in [-0.2, -0.15) is 0 Å². The van der Waals surface area contributed by atoms with Crippen molar-refractivity contribution in [1.29, 1.82) is 0 Å². The summed E-state index contributed by atoms with van der Waals surface area (Å²) in [5.74, 6) is 0.587. The first-order valence-corrected chi connectivity index (χ1v) is 8.17. The number of sulfonamides is 1. The molecule has 1 atom stereocenters. The Balaban J connectivity index is 2.41. The van der Waals surface area contributed by atoms with Crippen LogP contribution in [-0.2, 0) is 10.0 Å². The normalized spacial score (nSPS) is 13.2. The maximum atomic E-state index is 11.7. The van der Waals surface area contributed by atoms with Crippen molar-refractivity contribution in [3.05, 3.63) is 36.9 Å². The summed E-state index contributed by atoms with van der Waals surface area (Å²) in [5, 5.41) is 0. The van der Waals surface area contributed by atoms with Gasteiger partial charge in [-0.05, 0) is 31.2 Å². The molecule has 1 aromatic rings. The van der Waals surface area contributed by atoms with Crippen molar-refractivity contribution in [2.75, 3.05) is 17.2 Å². The fourth-order valence-corrected chi connectivity index (χ4v) is 3.78. The molecule has 0 bridgehead atoms. The summed E-state index contributed by atoms with van der Waals surface area (Å²) >= 11 is 1.49. The van der Waals surface area contributed by atoms with E-state index in [1.165, 1.54) is 11.8 Å². The number of nitrogens with two attached hydrogens (primary N) is 1. The molecule has 0 heterocycles. The van der Waals surface area contributed by atoms with Crippen LogP contribution in [0, 0.1) is 0 Å². The van der Waals surface area contributed by atoms with E-state index in [9.17, 15) is 8.42 Å². The van der Waals surface area contributed by atoms with E-state index in [4.69, 9.17) is 5.73 Å². The zero-order chi connectivity index (χ0) is 13.6. The van der Waals surface area contributed by atoms with Gasteiger partial charge in [-0.3, -0.25) is 0 Å². The zero-order valence-corrected chi connectivity index (χ0v) is 11.9. The Hall–Kier alpha value is -0.980. The average molecular weight is 286 g/mol. The summed E-state index contributed by atoms with van der Waals surface area (Å²) < 4.78 is 25.8. The number of nitrogen functional groups attached to an aromatic ring is 1. The van der Waals surface area contributed by atoms with Gasteiger partial charge in [-0.15, -0.1) is 18.3 Å². The highest BCUT2D eigenvalue weighted by molar-refractivity contribution is 8.00. The van der Waals surface area contributed by atoms with Crippen LogP contribution in [-0.4, -0.2) is 26.0 Å². The van der Waals surface area contributed by atoms with E-state index >= 15 is 0 Å². The van der Waals surface area contributed by atoms with Crippen molar-refractivity contribution in [2.24, 2.45) is 0 Å². The summed E-state index contributed by atoms with van der Waals surface area (Å²) in [5.41, 5.74) is 6.27. The third-order valence-electron chi connectivity index (χ3n) is 2.22. The first-order valence-electron chi connectivity index (χ1n) is 5.54. The topological polar surface area (TPSA) is 72.2 Å². The summed E-state index contributed by atoms with van der Waals surface area (Å²) in [6, 6.07) is 7.12. The smallest absolute Gasteiger partial charge is 0.212 e. The monoisotopic (exact) mass is 286 g/mol. The van der Waals surface area contributed by atoms with Crippen molar-refractivity contribution in [1.82, 2.24) is 4.72 Å². The molecule has 0 fully saturated rings. The molecule has 0 saturated heterocycles. The highest BCUT2D eigenvalue weighted by Crippen LogP contribution is 2.19. The molecule has 100 valence electrons. The van der Waals surface area contributed by atoms with Crippen LogP contribution in [0.5, 0.6) is 0 Å². The summed E-state index contributed by atoms with van der Waals surface area (Å²) in [6.45, 7) is 5.28. The second-order valence-corrected chi connectivity index (χ2v) is 6.92. The predicted molar refractivity (Wildman–Crippen MR) is 78.2 cm³/mol. The van der Waals surface area contributed by atoms with Crippen LogP contribution >= 0.6 is 11.8 Å². The van der Waals surface area contributed by atoms with Crippen LogP contribution in [0.2, 0.25) is 0 Å². The van der Waals surface area contributed by atoms with Gasteiger partial charge < -0.3 is 5.73 Å². The Morgan fingerprint density at radius 2 is 2.06 bits per heavy atom. The molecule has 0 amide bonds. The lowest BCUT2D eigenvalue weighted by Crippen LogP contribution is -2.33. The van der Waals surface area contributed by atoms with Crippen LogP contribution < -0.4 is 10.5 Å². The van der Waals surface area contributed by atoms with Gasteiger partial charge in [-0.1, -0.05) is 6.08 Å². The lowest BCUT2D eigenvalue weighted by Gasteiger charge is -2.09. The SMILES string of the molecule is C=CC(C)NS(=O)(=O)CCSc1ccc(N)cc1. The molecule has 6 heteroatoms. The van der Waals surface area contributed by atoms with Gasteiger partial charge in [0.05, 0.1) is 5.75 Å². The standard InChI is InChI=1S/C12H18N2O2S2/c1-3-10(2)14-18(15,16)9-8-17-12-6-4-11(13)5-7-12/h3-7,10,14H,1,8-9,13H2,2H3. The number of rotatable bonds is 7. The minimum absolute atomic E-state index is 0.0836. The van der Waals surface area contributed by atoms with E-state index in [1.54, 1.807) is 25.1 Å². The van der Waals surface area contributed by atoms with Crippen molar-refractivity contribution in [3.63, 3.8) is 0 Å². The van der Waals surface area contributed by atoms with Crippen molar-refractivity contribution < 1.29 is 8.42 Å². The molecule has 0 aliphatic carbocycles. The zero-order valence-electron chi connectivity index (χ0n) is 10.3. The van der Waals surface area contributed by atoms with Gasteiger partial charge >= 0.3 is 0 Å². The third kappa shape index (κ3) is 5.57. The van der Waals surface area contributed by atoms with Crippen LogP contribution in [0.3, 0.4) is 0 Å². The number of nitrogens with one attached hydrogen (secondary N) is 1. The average Bonchev–Trinajstić information content (AvgIpc) is 2.31. The number of thioether (sulfide) groups is 1. The van der Waals surface area contributed by atoms with Gasteiger partial charge in [0.15, 0.2) is 0 Å². The van der Waals surface area contributed by atoms with E-state index in [2.05, 4.69) is 11.3 Å². The van der Waals surface area contributed by atoms with Gasteiger partial charge in [0, 0.05) is 22.4 Å². The fraction of sp³-hybridized carbons (Fsp3) is 0.333. The highest BCUT2D eigenvalue weighted by Gasteiger charge is 2.12. The van der Waals surface area contributed by atoms with E-state index in [1.807, 2.05) is 12.1 Å². The summed E-state index contributed by atoms with van der Waals surface area (Å²) in [4.78, 5) is 1.01. The van der Waals surface area contributed by atoms with Gasteiger partial charge in [0.2, 0.25) is 10.0 Å². The number of hydrogen-bond donors (Lipinski definition) is 2. The lowest BCUT2D eigenvalue weighted by atomic mass is 10.3. The van der Waals surface area contributed by atoms with Crippen molar-refractivity contribution >= 4 is 27.5 Å². The highest BCUT2D eigenvalue weighted by atomic mass is 32.2. The Morgan fingerprint density at radius 1 is 1.44 bits per heavy atom. The molecule has 3 N–H and O–H groups in total. The molecule has 0 aromatic heterocycles. The number of hydrogen-bond acceptors (Lipinski definition) is 4. The molecular formula is C12H18N2O2S2. The van der Waals surface area contributed by atoms with E-state index < -0.39 is 10.0 Å². The molecule has 4 nitrogen and oxygen atoms in total. The van der Waals surface area contributed by atoms with E-state index in [0.717, 1.165) is 4.90 Å². The second kappa shape index (κ2) is 6.82. The van der Waals surface area contributed by atoms with Gasteiger partial charge in [0.25, 0.3) is 0 Å². The largest absolute Gasteiger partial charge is 0.399 e. The molecule has 0 aliphatic heterocycles. The van der Waals surface area contributed by atoms with Gasteiger partial charge in [0.1, 0.15) is 0 Å². The number of anilines is 1. The molecule has 0 saturated carbocycles.